The number of nitro groups is 1. The van der Waals surface area contributed by atoms with Gasteiger partial charge < -0.3 is 10.1 Å². The molecule has 2 heterocycles. The number of nitrogens with zero attached hydrogens (tertiary/aromatic N) is 4. The fraction of sp³-hybridized carbons (Fsp3) is 0.636. The van der Waals surface area contributed by atoms with E-state index in [1.807, 2.05) is 7.05 Å². The quantitative estimate of drug-likeness (QED) is 0.500. The van der Waals surface area contributed by atoms with E-state index in [9.17, 15) is 14.9 Å². The Labute approximate surface area is 110 Å². The number of amides is 2. The molecule has 0 atom stereocenters. The van der Waals surface area contributed by atoms with E-state index in [0.717, 1.165) is 32.4 Å². The van der Waals surface area contributed by atoms with Crippen LogP contribution < -0.4 is 5.32 Å². The van der Waals surface area contributed by atoms with Crippen LogP contribution in [0.3, 0.4) is 0 Å². The van der Waals surface area contributed by atoms with E-state index < -0.39 is 4.92 Å². The Hall–Kier alpha value is -1.96. The van der Waals surface area contributed by atoms with Gasteiger partial charge in [-0.15, -0.1) is 0 Å². The zero-order valence-corrected chi connectivity index (χ0v) is 11.1. The number of aryl methyl sites for hydroxylation is 1. The molecule has 0 aliphatic carbocycles. The Morgan fingerprint density at radius 2 is 2.11 bits per heavy atom. The third-order valence-electron chi connectivity index (χ3n) is 3.52. The maximum absolute atomic E-state index is 12.3. The van der Waals surface area contributed by atoms with Crippen LogP contribution in [0.1, 0.15) is 19.3 Å². The Morgan fingerprint density at radius 3 is 2.68 bits per heavy atom. The molecule has 2 rings (SSSR count). The van der Waals surface area contributed by atoms with Gasteiger partial charge in [0, 0.05) is 0 Å². The molecule has 1 aromatic heterocycles. The van der Waals surface area contributed by atoms with Crippen LogP contribution in [0.25, 0.3) is 0 Å². The van der Waals surface area contributed by atoms with Crippen LogP contribution in [0.5, 0.6) is 0 Å². The molecule has 8 heteroatoms. The molecule has 0 radical (unpaired) electrons. The first-order valence-electron chi connectivity index (χ1n) is 6.26. The van der Waals surface area contributed by atoms with Crippen molar-refractivity contribution in [3.05, 3.63) is 16.3 Å². The lowest BCUT2D eigenvalue weighted by atomic mass is 10.1. The molecule has 0 spiro atoms. The first-order chi connectivity index (χ1) is 8.92. The predicted octanol–water partition coefficient (Wildman–Crippen LogP) is 1.49. The second-order valence-electron chi connectivity index (χ2n) is 5.13. The highest BCUT2D eigenvalue weighted by atomic mass is 16.6. The van der Waals surface area contributed by atoms with Gasteiger partial charge in [0.05, 0.1) is 38.5 Å². The molecule has 1 fully saturated rings. The molecule has 2 amide bonds. The van der Waals surface area contributed by atoms with Crippen molar-refractivity contribution >= 4 is 17.5 Å². The van der Waals surface area contributed by atoms with Gasteiger partial charge in [0.25, 0.3) is 0 Å². The van der Waals surface area contributed by atoms with Crippen LogP contribution in [-0.2, 0) is 7.05 Å². The number of rotatable bonds is 2. The summed E-state index contributed by atoms with van der Waals surface area (Å²) < 4.78 is 1.59. The summed E-state index contributed by atoms with van der Waals surface area (Å²) in [5.74, 6) is -0.320. The highest BCUT2D eigenvalue weighted by Crippen LogP contribution is 2.24. The van der Waals surface area contributed by atoms with E-state index in [0.29, 0.717) is 0 Å². The molecule has 0 unspecified atom stereocenters. The molecular weight excluding hydrogens is 250 g/mol. The molecule has 1 N–H and O–H groups in total. The largest absolute Gasteiger partial charge is 0.421 e. The third kappa shape index (κ3) is 2.73. The van der Waals surface area contributed by atoms with Gasteiger partial charge in [-0.2, -0.15) is 4.68 Å². The van der Waals surface area contributed by atoms with Gasteiger partial charge in [-0.05, 0) is 24.2 Å². The van der Waals surface area contributed by atoms with Gasteiger partial charge >= 0.3 is 11.8 Å². The first-order valence-corrected chi connectivity index (χ1v) is 6.26. The van der Waals surface area contributed by atoms with Crippen LogP contribution in [0.2, 0.25) is 0 Å². The number of nitrogens with one attached hydrogen (secondary N) is 1. The van der Waals surface area contributed by atoms with Crippen LogP contribution >= 0.6 is 0 Å². The zero-order chi connectivity index (χ0) is 14.0. The molecule has 1 aromatic rings. The number of aromatic nitrogens is 2. The SMILES string of the molecule is Cn1cc(NC(=O)[N+]2(C)CCCCC2)c([N+](=O)[O-])n1. The monoisotopic (exact) mass is 268 g/mol. The molecule has 0 bridgehead atoms. The lowest BCUT2D eigenvalue weighted by molar-refractivity contribution is -0.833. The second-order valence-corrected chi connectivity index (χ2v) is 5.13. The lowest BCUT2D eigenvalue weighted by Gasteiger charge is -2.34. The topological polar surface area (TPSA) is 90.1 Å². The number of carbonyl (C=O) groups excluding carboxylic acids is 1. The van der Waals surface area contributed by atoms with E-state index in [2.05, 4.69) is 10.4 Å². The molecule has 0 aromatic carbocycles. The highest BCUT2D eigenvalue weighted by Gasteiger charge is 2.35. The van der Waals surface area contributed by atoms with E-state index in [1.165, 1.54) is 10.9 Å². The van der Waals surface area contributed by atoms with Crippen LogP contribution in [0.15, 0.2) is 6.20 Å². The maximum atomic E-state index is 12.3. The minimum absolute atomic E-state index is 0.155. The number of anilines is 1. The molecule has 19 heavy (non-hydrogen) atoms. The molecule has 8 nitrogen and oxygen atoms in total. The highest BCUT2D eigenvalue weighted by molar-refractivity contribution is 5.86. The number of hydrogen-bond donors (Lipinski definition) is 1. The Morgan fingerprint density at radius 1 is 1.47 bits per heavy atom. The normalized spacial score (nSPS) is 18.0. The molecular formula is C11H18N5O3+. The summed E-state index contributed by atoms with van der Waals surface area (Å²) in [7, 11) is 3.44. The fourth-order valence-electron chi connectivity index (χ4n) is 2.36. The maximum Gasteiger partial charge on any atom is 0.421 e. The van der Waals surface area contributed by atoms with Gasteiger partial charge in [-0.3, -0.25) is 5.32 Å². The third-order valence-corrected chi connectivity index (χ3v) is 3.52. The Bertz CT molecular complexity index is 504. The second kappa shape index (κ2) is 4.96. The van der Waals surface area contributed by atoms with Gasteiger partial charge in [0.15, 0.2) is 5.69 Å². The summed E-state index contributed by atoms with van der Waals surface area (Å²) in [5.41, 5.74) is 0.155. The molecule has 104 valence electrons. The van der Waals surface area contributed by atoms with Gasteiger partial charge in [0.2, 0.25) is 0 Å². The van der Waals surface area contributed by atoms with Crippen LogP contribution in [0.4, 0.5) is 16.3 Å². The Balaban J connectivity index is 2.16. The summed E-state index contributed by atoms with van der Waals surface area (Å²) in [5, 5.41) is 17.2. The summed E-state index contributed by atoms with van der Waals surface area (Å²) in [4.78, 5) is 22.5. The van der Waals surface area contributed by atoms with Crippen molar-refractivity contribution in [3.8, 4) is 0 Å². The van der Waals surface area contributed by atoms with Crippen molar-refractivity contribution in [3.63, 3.8) is 0 Å². The van der Waals surface area contributed by atoms with E-state index in [4.69, 9.17) is 0 Å². The van der Waals surface area contributed by atoms with E-state index in [1.54, 1.807) is 7.05 Å². The number of hydrogen-bond acceptors (Lipinski definition) is 4. The van der Waals surface area contributed by atoms with Crippen LogP contribution in [-0.4, -0.2) is 45.4 Å². The molecule has 1 aliphatic heterocycles. The van der Waals surface area contributed by atoms with Gasteiger partial charge in [0.1, 0.15) is 0 Å². The molecule has 0 saturated carbocycles. The summed E-state index contributed by atoms with van der Waals surface area (Å²) in [6.07, 6.45) is 4.58. The van der Waals surface area contributed by atoms with E-state index in [-0.39, 0.29) is 22.0 Å². The standard InChI is InChI=1S/C11H17N5O3/c1-14-8-9(10(13-14)15(18)19)12-11(17)16(2)6-4-3-5-7-16/h8H,3-7H2,1-2H3/p+1. The smallest absolute Gasteiger partial charge is 0.358 e. The minimum Gasteiger partial charge on any atom is -0.358 e. The number of carbonyl (C=O) groups is 1. The predicted molar refractivity (Wildman–Crippen MR) is 68.7 cm³/mol. The minimum atomic E-state index is -0.591. The van der Waals surface area contributed by atoms with Crippen molar-refractivity contribution in [2.45, 2.75) is 19.3 Å². The molecule has 1 aliphatic rings. The van der Waals surface area contributed by atoms with Crippen molar-refractivity contribution in [2.24, 2.45) is 7.05 Å². The van der Waals surface area contributed by atoms with Crippen molar-refractivity contribution in [1.82, 2.24) is 9.78 Å². The summed E-state index contributed by atoms with van der Waals surface area (Å²) in [6, 6.07) is -0.212. The fourth-order valence-corrected chi connectivity index (χ4v) is 2.36. The van der Waals surface area contributed by atoms with E-state index >= 15 is 0 Å². The lowest BCUT2D eigenvalue weighted by Crippen LogP contribution is -2.54. The van der Waals surface area contributed by atoms with Crippen molar-refractivity contribution in [2.75, 3.05) is 25.5 Å². The zero-order valence-electron chi connectivity index (χ0n) is 11.1. The van der Waals surface area contributed by atoms with Crippen LogP contribution in [0, 0.1) is 10.1 Å². The van der Waals surface area contributed by atoms with Crippen molar-refractivity contribution < 1.29 is 14.2 Å². The number of piperidine rings is 1. The molecule has 1 saturated heterocycles. The average molecular weight is 268 g/mol. The van der Waals surface area contributed by atoms with Gasteiger partial charge in [-0.1, -0.05) is 0 Å². The Kier molecular flexibility index (Phi) is 3.52. The summed E-state index contributed by atoms with van der Waals surface area (Å²) >= 11 is 0. The number of urea groups is 1. The van der Waals surface area contributed by atoms with Crippen molar-refractivity contribution in [1.29, 1.82) is 0 Å². The van der Waals surface area contributed by atoms with Gasteiger partial charge in [-0.25, -0.2) is 9.28 Å². The number of likely N-dealkylation sites (tertiary alicyclic amines) is 1. The number of quaternary nitrogens is 1. The first kappa shape index (κ1) is 13.5. The average Bonchev–Trinajstić information content (AvgIpc) is 2.71. The summed E-state index contributed by atoms with van der Waals surface area (Å²) in [6.45, 7) is 1.53.